The molecule has 0 amide bonds. The largest absolute Gasteiger partial charge is 0.493 e. The van der Waals surface area contributed by atoms with E-state index in [0.29, 0.717) is 29.8 Å². The minimum Gasteiger partial charge on any atom is -0.493 e. The summed E-state index contributed by atoms with van der Waals surface area (Å²) in [5.41, 5.74) is 1.65. The van der Waals surface area contributed by atoms with Crippen molar-refractivity contribution in [3.05, 3.63) is 46.9 Å². The summed E-state index contributed by atoms with van der Waals surface area (Å²) < 4.78 is 17.1. The van der Waals surface area contributed by atoms with E-state index in [2.05, 4.69) is 26.1 Å². The second-order valence-corrected chi connectivity index (χ2v) is 5.56. The summed E-state index contributed by atoms with van der Waals surface area (Å²) >= 11 is 3.49. The lowest BCUT2D eigenvalue weighted by molar-refractivity contribution is 0.311. The van der Waals surface area contributed by atoms with E-state index in [1.165, 1.54) is 0 Å². The molecule has 1 aromatic heterocycles. The van der Waals surface area contributed by atoms with Gasteiger partial charge < -0.3 is 14.0 Å². The molecule has 0 fully saturated rings. The van der Waals surface area contributed by atoms with Crippen molar-refractivity contribution in [2.24, 2.45) is 0 Å². The van der Waals surface area contributed by atoms with Crippen LogP contribution in [0.3, 0.4) is 0 Å². The van der Waals surface area contributed by atoms with Gasteiger partial charge >= 0.3 is 0 Å². The summed E-state index contributed by atoms with van der Waals surface area (Å²) in [6.45, 7) is 2.47. The lowest BCUT2D eigenvalue weighted by Gasteiger charge is -2.09. The highest BCUT2D eigenvalue weighted by Crippen LogP contribution is 2.33. The normalized spacial score (nSPS) is 10.6. The number of halogens is 1. The quantitative estimate of drug-likeness (QED) is 0.654. The lowest BCUT2D eigenvalue weighted by Crippen LogP contribution is -1.96. The first-order valence-corrected chi connectivity index (χ1v) is 7.92. The Balaban J connectivity index is 1.97. The zero-order valence-corrected chi connectivity index (χ0v) is 14.3. The van der Waals surface area contributed by atoms with Gasteiger partial charge in [-0.2, -0.15) is 4.98 Å². The van der Waals surface area contributed by atoms with Crippen LogP contribution in [0.15, 0.2) is 51.5 Å². The van der Waals surface area contributed by atoms with Gasteiger partial charge in [-0.1, -0.05) is 17.3 Å². The first kappa shape index (κ1) is 15.6. The van der Waals surface area contributed by atoms with Gasteiger partial charge in [0.2, 0.25) is 5.82 Å². The molecule has 3 aromatic rings. The van der Waals surface area contributed by atoms with Crippen molar-refractivity contribution in [2.75, 3.05) is 13.7 Å². The van der Waals surface area contributed by atoms with E-state index in [0.717, 1.165) is 15.6 Å². The van der Waals surface area contributed by atoms with Crippen LogP contribution in [0.5, 0.6) is 11.5 Å². The highest BCUT2D eigenvalue weighted by molar-refractivity contribution is 9.10. The fourth-order valence-corrected chi connectivity index (χ4v) is 2.62. The maximum atomic E-state index is 5.58. The number of benzene rings is 2. The van der Waals surface area contributed by atoms with Gasteiger partial charge in [0.15, 0.2) is 11.5 Å². The van der Waals surface area contributed by atoms with E-state index >= 15 is 0 Å². The van der Waals surface area contributed by atoms with Gasteiger partial charge in [-0.05, 0) is 53.2 Å². The number of methoxy groups -OCH3 is 1. The zero-order valence-electron chi connectivity index (χ0n) is 12.7. The predicted molar refractivity (Wildman–Crippen MR) is 90.6 cm³/mol. The van der Waals surface area contributed by atoms with Gasteiger partial charge in [0.25, 0.3) is 5.89 Å². The van der Waals surface area contributed by atoms with Crippen molar-refractivity contribution in [3.8, 4) is 34.3 Å². The summed E-state index contributed by atoms with van der Waals surface area (Å²) in [6, 6.07) is 13.2. The molecule has 1 heterocycles. The van der Waals surface area contributed by atoms with Crippen molar-refractivity contribution in [1.82, 2.24) is 10.1 Å². The minimum atomic E-state index is 0.459. The van der Waals surface area contributed by atoms with E-state index in [9.17, 15) is 0 Å². The minimum absolute atomic E-state index is 0.459. The summed E-state index contributed by atoms with van der Waals surface area (Å²) in [7, 11) is 1.61. The fourth-order valence-electron chi connectivity index (χ4n) is 2.17. The zero-order chi connectivity index (χ0) is 16.2. The second kappa shape index (κ2) is 6.83. The molecule has 3 rings (SSSR count). The number of nitrogens with zero attached hydrogens (tertiary/aromatic N) is 2. The Hall–Kier alpha value is -2.34. The van der Waals surface area contributed by atoms with Gasteiger partial charge in [0, 0.05) is 10.0 Å². The van der Waals surface area contributed by atoms with Crippen LogP contribution >= 0.6 is 15.9 Å². The molecule has 0 aliphatic carbocycles. The monoisotopic (exact) mass is 374 g/mol. The van der Waals surface area contributed by atoms with Crippen LogP contribution in [0.2, 0.25) is 0 Å². The van der Waals surface area contributed by atoms with Gasteiger partial charge in [-0.15, -0.1) is 0 Å². The number of ether oxygens (including phenoxy) is 2. The Morgan fingerprint density at radius 3 is 2.70 bits per heavy atom. The topological polar surface area (TPSA) is 57.4 Å². The van der Waals surface area contributed by atoms with E-state index in [4.69, 9.17) is 14.0 Å². The van der Waals surface area contributed by atoms with Crippen molar-refractivity contribution >= 4 is 15.9 Å². The second-order valence-electron chi connectivity index (χ2n) is 4.70. The molecule has 6 heteroatoms. The SMILES string of the molecule is CCOc1cc(-c2noc(-c3ccccc3Br)n2)ccc1OC. The van der Waals surface area contributed by atoms with E-state index in [-0.39, 0.29) is 0 Å². The Bertz CT molecular complexity index is 817. The standard InChI is InChI=1S/C17H15BrN2O3/c1-3-22-15-10-11(8-9-14(15)21-2)16-19-17(23-20-16)12-6-4-5-7-13(12)18/h4-10H,3H2,1-2H3. The molecule has 118 valence electrons. The van der Waals surface area contributed by atoms with Gasteiger partial charge in [0.05, 0.1) is 19.3 Å². The molecular formula is C17H15BrN2O3. The van der Waals surface area contributed by atoms with Gasteiger partial charge in [-0.3, -0.25) is 0 Å². The Kier molecular flexibility index (Phi) is 4.62. The Labute approximate surface area is 142 Å². The van der Waals surface area contributed by atoms with Crippen LogP contribution in [0.25, 0.3) is 22.8 Å². The molecule has 0 N–H and O–H groups in total. The summed E-state index contributed by atoms with van der Waals surface area (Å²) in [6.07, 6.45) is 0. The van der Waals surface area contributed by atoms with Crippen molar-refractivity contribution in [1.29, 1.82) is 0 Å². The van der Waals surface area contributed by atoms with Crippen LogP contribution in [0, 0.1) is 0 Å². The maximum Gasteiger partial charge on any atom is 0.259 e. The third kappa shape index (κ3) is 3.22. The molecular weight excluding hydrogens is 360 g/mol. The maximum absolute atomic E-state index is 5.58. The molecule has 0 saturated carbocycles. The van der Waals surface area contributed by atoms with E-state index in [1.54, 1.807) is 7.11 Å². The highest BCUT2D eigenvalue weighted by atomic mass is 79.9. The van der Waals surface area contributed by atoms with Crippen LogP contribution in [0.1, 0.15) is 6.92 Å². The van der Waals surface area contributed by atoms with Crippen LogP contribution < -0.4 is 9.47 Å². The van der Waals surface area contributed by atoms with Gasteiger partial charge in [-0.25, -0.2) is 0 Å². The molecule has 0 aliphatic rings. The highest BCUT2D eigenvalue weighted by Gasteiger charge is 2.14. The number of rotatable bonds is 5. The van der Waals surface area contributed by atoms with Crippen molar-refractivity contribution in [2.45, 2.75) is 6.92 Å². The molecule has 0 bridgehead atoms. The number of aromatic nitrogens is 2. The van der Waals surface area contributed by atoms with Crippen molar-refractivity contribution in [3.63, 3.8) is 0 Å². The molecule has 23 heavy (non-hydrogen) atoms. The van der Waals surface area contributed by atoms with Crippen LogP contribution in [-0.4, -0.2) is 23.9 Å². The van der Waals surface area contributed by atoms with Gasteiger partial charge in [0.1, 0.15) is 0 Å². The number of hydrogen-bond donors (Lipinski definition) is 0. The molecule has 0 aliphatic heterocycles. The van der Waals surface area contributed by atoms with Crippen LogP contribution in [-0.2, 0) is 0 Å². The smallest absolute Gasteiger partial charge is 0.259 e. The summed E-state index contributed by atoms with van der Waals surface area (Å²) in [4.78, 5) is 4.46. The molecule has 0 spiro atoms. The summed E-state index contributed by atoms with van der Waals surface area (Å²) in [5, 5.41) is 4.06. The summed E-state index contributed by atoms with van der Waals surface area (Å²) in [5.74, 6) is 2.28. The van der Waals surface area contributed by atoms with Crippen molar-refractivity contribution < 1.29 is 14.0 Å². The van der Waals surface area contributed by atoms with E-state index < -0.39 is 0 Å². The third-order valence-electron chi connectivity index (χ3n) is 3.25. The van der Waals surface area contributed by atoms with Crippen LogP contribution in [0.4, 0.5) is 0 Å². The molecule has 2 aromatic carbocycles. The molecule has 0 atom stereocenters. The lowest BCUT2D eigenvalue weighted by atomic mass is 10.2. The molecule has 0 unspecified atom stereocenters. The van der Waals surface area contributed by atoms with E-state index in [1.807, 2.05) is 49.4 Å². The molecule has 0 saturated heterocycles. The number of hydrogen-bond acceptors (Lipinski definition) is 5. The fraction of sp³-hybridized carbons (Fsp3) is 0.176. The predicted octanol–water partition coefficient (Wildman–Crippen LogP) is 4.57. The molecule has 5 nitrogen and oxygen atoms in total. The third-order valence-corrected chi connectivity index (χ3v) is 3.94. The molecule has 0 radical (unpaired) electrons. The average Bonchev–Trinajstić information content (AvgIpc) is 3.05. The Morgan fingerprint density at radius 1 is 1.13 bits per heavy atom. The average molecular weight is 375 g/mol. The Morgan fingerprint density at radius 2 is 1.96 bits per heavy atom. The first-order valence-electron chi connectivity index (χ1n) is 7.12. The first-order chi connectivity index (χ1) is 11.2.